The zero-order chi connectivity index (χ0) is 24.7. The second-order valence-electron chi connectivity index (χ2n) is 8.44. The predicted molar refractivity (Wildman–Crippen MR) is 134 cm³/mol. The van der Waals surface area contributed by atoms with Gasteiger partial charge in [0.2, 0.25) is 0 Å². The lowest BCUT2D eigenvalue weighted by Gasteiger charge is -2.29. The maximum Gasteiger partial charge on any atom is 0.704 e. The van der Waals surface area contributed by atoms with Crippen LogP contribution >= 0.6 is 0 Å². The third-order valence-electron chi connectivity index (χ3n) is 6.78. The molecule has 3 heterocycles. The van der Waals surface area contributed by atoms with Gasteiger partial charge in [0.1, 0.15) is 6.57 Å². The molecule has 0 radical (unpaired) electrons. The Bertz CT molecular complexity index is 1280. The fourth-order valence-electron chi connectivity index (χ4n) is 4.90. The van der Waals surface area contributed by atoms with Crippen molar-refractivity contribution in [2.24, 2.45) is 0 Å². The van der Waals surface area contributed by atoms with Crippen LogP contribution in [0.1, 0.15) is 38.8 Å². The number of nitrogens with zero attached hydrogens (tertiary/aromatic N) is 6. The second kappa shape index (κ2) is 8.48. The molecule has 0 saturated heterocycles. The molecule has 0 saturated carbocycles. The van der Waals surface area contributed by atoms with Crippen molar-refractivity contribution in [3.8, 4) is 17.6 Å². The van der Waals surface area contributed by atoms with E-state index in [1.54, 1.807) is 9.15 Å². The van der Waals surface area contributed by atoms with Crippen molar-refractivity contribution in [1.29, 1.82) is 5.26 Å². The van der Waals surface area contributed by atoms with Crippen LogP contribution in [-0.4, -0.2) is 53.8 Å². The van der Waals surface area contributed by atoms with Crippen LogP contribution in [0, 0.1) is 17.9 Å². The Morgan fingerprint density at radius 2 is 1.34 bits per heavy atom. The van der Waals surface area contributed by atoms with Gasteiger partial charge in [0.05, 0.1) is 11.1 Å². The summed E-state index contributed by atoms with van der Waals surface area (Å²) in [6, 6.07) is 12.7. The molecule has 35 heavy (non-hydrogen) atoms. The van der Waals surface area contributed by atoms with E-state index in [2.05, 4.69) is 48.4 Å². The second-order valence-corrected chi connectivity index (χ2v) is 8.44. The SMILES string of the molecule is [C-]#[N+]C1=C(C#N)[N+]2=Cc3ccc(N(CC)CC)cc3OC23Oc2cc(N(CC)CC)ccc2C=[N+]13. The molecule has 3 aliphatic heterocycles. The highest BCUT2D eigenvalue weighted by Gasteiger charge is 2.74. The van der Waals surface area contributed by atoms with Crippen molar-refractivity contribution in [2.75, 3.05) is 36.0 Å². The third-order valence-corrected chi connectivity index (χ3v) is 6.78. The summed E-state index contributed by atoms with van der Waals surface area (Å²) in [5, 5.41) is 10.00. The summed E-state index contributed by atoms with van der Waals surface area (Å²) in [6.45, 7) is 19.8. The molecular weight excluding hydrogens is 440 g/mol. The molecule has 0 aromatic heterocycles. The Labute approximate surface area is 205 Å². The molecular formula is C27H28N6O2+2. The van der Waals surface area contributed by atoms with E-state index in [9.17, 15) is 5.26 Å². The molecule has 2 aromatic carbocycles. The summed E-state index contributed by atoms with van der Waals surface area (Å²) >= 11 is 0. The van der Waals surface area contributed by atoms with Crippen LogP contribution in [0.25, 0.3) is 4.85 Å². The van der Waals surface area contributed by atoms with Crippen LogP contribution in [0.2, 0.25) is 0 Å². The fourth-order valence-corrected chi connectivity index (χ4v) is 4.90. The number of anilines is 2. The molecule has 3 aliphatic rings. The van der Waals surface area contributed by atoms with Gasteiger partial charge in [-0.1, -0.05) is 4.58 Å². The van der Waals surface area contributed by atoms with Crippen LogP contribution in [-0.2, 0) is 0 Å². The lowest BCUT2D eigenvalue weighted by molar-refractivity contribution is -0.848. The summed E-state index contributed by atoms with van der Waals surface area (Å²) in [4.78, 5) is 8.17. The number of ether oxygens (including phenoxy) is 2. The summed E-state index contributed by atoms with van der Waals surface area (Å²) in [6.07, 6.45) is 3.67. The number of fused-ring (bicyclic) bond motifs is 2. The van der Waals surface area contributed by atoms with E-state index in [1.807, 2.05) is 48.8 Å². The van der Waals surface area contributed by atoms with E-state index in [4.69, 9.17) is 16.0 Å². The Kier molecular flexibility index (Phi) is 5.45. The number of allylic oxidation sites excluding steroid dienone is 1. The van der Waals surface area contributed by atoms with Crippen LogP contribution < -0.4 is 19.3 Å². The molecule has 2 aromatic rings. The minimum atomic E-state index is -1.52. The van der Waals surface area contributed by atoms with Crippen molar-refractivity contribution in [3.05, 3.63) is 70.5 Å². The first-order chi connectivity index (χ1) is 17.0. The number of hydrogen-bond donors (Lipinski definition) is 0. The first-order valence-corrected chi connectivity index (χ1v) is 12.0. The van der Waals surface area contributed by atoms with Crippen LogP contribution in [0.3, 0.4) is 0 Å². The Morgan fingerprint density at radius 3 is 1.77 bits per heavy atom. The van der Waals surface area contributed by atoms with Gasteiger partial charge in [0.25, 0.3) is 0 Å². The minimum Gasteiger partial charge on any atom is -0.372 e. The maximum atomic E-state index is 10.00. The normalized spacial score (nSPS) is 18.9. The molecule has 8 nitrogen and oxygen atoms in total. The van der Waals surface area contributed by atoms with Gasteiger partial charge in [-0.25, -0.2) is 0 Å². The standard InChI is InChI=1S/C27H28N6O2/c1-6-30(7-2)21-12-10-19-17-32-23(16-28)26(29-5)33-18-20-11-13-22(31(8-3)9-4)15-25(20)35-27(32,33)34-24(19)14-21/h10-15,17-18H,6-9H2,1-4H3/q+2. The van der Waals surface area contributed by atoms with Crippen LogP contribution in [0.5, 0.6) is 11.5 Å². The lowest BCUT2D eigenvalue weighted by atomic mass is 10.1. The number of rotatable bonds is 6. The molecule has 1 unspecified atom stereocenters. The van der Waals surface area contributed by atoms with Gasteiger partial charge in [-0.05, 0) is 56.5 Å². The highest BCUT2D eigenvalue weighted by molar-refractivity contribution is 5.85. The average molecular weight is 469 g/mol. The van der Waals surface area contributed by atoms with Crippen molar-refractivity contribution < 1.29 is 18.6 Å². The molecule has 0 bridgehead atoms. The van der Waals surface area contributed by atoms with E-state index in [0.29, 0.717) is 11.5 Å². The van der Waals surface area contributed by atoms with E-state index in [-0.39, 0.29) is 11.5 Å². The van der Waals surface area contributed by atoms with Crippen molar-refractivity contribution in [2.45, 2.75) is 33.7 Å². The molecule has 1 spiro atoms. The fraction of sp³-hybridized carbons (Fsp3) is 0.333. The summed E-state index contributed by atoms with van der Waals surface area (Å²) in [5.41, 5.74) is 3.90. The molecule has 0 N–H and O–H groups in total. The van der Waals surface area contributed by atoms with E-state index in [1.165, 1.54) is 0 Å². The van der Waals surface area contributed by atoms with Crippen LogP contribution in [0.4, 0.5) is 11.4 Å². The maximum absolute atomic E-state index is 10.00. The average Bonchev–Trinajstić information content (AvgIpc) is 3.14. The van der Waals surface area contributed by atoms with Crippen LogP contribution in [0.15, 0.2) is 47.9 Å². The van der Waals surface area contributed by atoms with E-state index < -0.39 is 6.03 Å². The van der Waals surface area contributed by atoms with Gasteiger partial charge in [-0.15, -0.1) is 0 Å². The quantitative estimate of drug-likeness (QED) is 0.474. The Balaban J connectivity index is 1.69. The monoisotopic (exact) mass is 468 g/mol. The van der Waals surface area contributed by atoms with Crippen molar-refractivity contribution in [1.82, 2.24) is 0 Å². The zero-order valence-corrected chi connectivity index (χ0v) is 20.4. The Morgan fingerprint density at radius 1 is 0.857 bits per heavy atom. The van der Waals surface area contributed by atoms with Gasteiger partial charge in [-0.3, -0.25) is 0 Å². The molecule has 0 amide bonds. The Hall–Kier alpha value is -4.30. The first kappa shape index (κ1) is 22.5. The van der Waals surface area contributed by atoms with Gasteiger partial charge < -0.3 is 19.3 Å². The van der Waals surface area contributed by atoms with E-state index >= 15 is 0 Å². The molecule has 0 fully saturated rings. The summed E-state index contributed by atoms with van der Waals surface area (Å²) < 4.78 is 16.4. The zero-order valence-electron chi connectivity index (χ0n) is 20.4. The lowest BCUT2D eigenvalue weighted by Crippen LogP contribution is -2.60. The highest BCUT2D eigenvalue weighted by Crippen LogP contribution is 2.43. The molecule has 5 rings (SSSR count). The number of benzene rings is 2. The van der Waals surface area contributed by atoms with Crippen molar-refractivity contribution >= 4 is 23.8 Å². The topological polar surface area (TPSA) is 59.1 Å². The first-order valence-electron chi connectivity index (χ1n) is 12.0. The number of hydrogen-bond acceptors (Lipinski definition) is 5. The highest BCUT2D eigenvalue weighted by atomic mass is 16.7. The predicted octanol–water partition coefficient (Wildman–Crippen LogP) is 3.96. The summed E-state index contributed by atoms with van der Waals surface area (Å²) in [5.74, 6) is 1.44. The smallest absolute Gasteiger partial charge is 0.372 e. The summed E-state index contributed by atoms with van der Waals surface area (Å²) in [7, 11) is 0. The van der Waals surface area contributed by atoms with Gasteiger partial charge in [0, 0.05) is 49.7 Å². The van der Waals surface area contributed by atoms with Crippen molar-refractivity contribution in [3.63, 3.8) is 0 Å². The molecule has 1 atom stereocenters. The molecule has 0 aliphatic carbocycles. The molecule has 8 heteroatoms. The van der Waals surface area contributed by atoms with Gasteiger partial charge >= 0.3 is 17.6 Å². The third kappa shape index (κ3) is 3.25. The minimum absolute atomic E-state index is 0.166. The van der Waals surface area contributed by atoms with Gasteiger partial charge in [0.15, 0.2) is 30.0 Å². The number of nitriles is 1. The largest absolute Gasteiger partial charge is 0.704 e. The van der Waals surface area contributed by atoms with E-state index in [0.717, 1.165) is 48.7 Å². The molecule has 176 valence electrons. The van der Waals surface area contributed by atoms with Gasteiger partial charge in [-0.2, -0.15) is 10.1 Å².